The van der Waals surface area contributed by atoms with Gasteiger partial charge in [0.05, 0.1) is 23.5 Å². The van der Waals surface area contributed by atoms with Crippen molar-refractivity contribution >= 4 is 11.0 Å². The highest BCUT2D eigenvalue weighted by Gasteiger charge is 2.26. The van der Waals surface area contributed by atoms with Crippen molar-refractivity contribution in [3.63, 3.8) is 0 Å². The number of benzene rings is 3. The number of ether oxygens (including phenoxy) is 1. The van der Waals surface area contributed by atoms with Gasteiger partial charge in [-0.3, -0.25) is 5.41 Å². The maximum Gasteiger partial charge on any atom is 0.146 e. The zero-order chi connectivity index (χ0) is 25.9. The number of nitrogens with zero attached hydrogens (tertiary/aromatic N) is 3. The third-order valence-electron chi connectivity index (χ3n) is 7.98. The minimum absolute atomic E-state index is 0.266. The second kappa shape index (κ2) is 10.8. The predicted molar refractivity (Wildman–Crippen MR) is 153 cm³/mol. The van der Waals surface area contributed by atoms with Gasteiger partial charge in [0, 0.05) is 25.3 Å². The number of aromatic nitrogens is 3. The molecule has 2 heterocycles. The molecule has 0 aliphatic heterocycles. The Morgan fingerprint density at radius 1 is 0.816 bits per heavy atom. The Balaban J connectivity index is 1.57. The summed E-state index contributed by atoms with van der Waals surface area (Å²) in [7, 11) is 1.80. The summed E-state index contributed by atoms with van der Waals surface area (Å²) in [4.78, 5) is 5.08. The Morgan fingerprint density at radius 2 is 1.42 bits per heavy atom. The highest BCUT2D eigenvalue weighted by molar-refractivity contribution is 6.02. The first kappa shape index (κ1) is 24.4. The van der Waals surface area contributed by atoms with E-state index >= 15 is 0 Å². The molecule has 1 N–H and O–H groups in total. The molecular weight excluding hydrogens is 468 g/mol. The molecule has 1 aliphatic rings. The zero-order valence-electron chi connectivity index (χ0n) is 21.9. The van der Waals surface area contributed by atoms with E-state index in [4.69, 9.17) is 9.72 Å². The lowest BCUT2D eigenvalue weighted by Crippen LogP contribution is -2.30. The number of rotatable bonds is 7. The fourth-order valence-corrected chi connectivity index (χ4v) is 5.99. The Kier molecular flexibility index (Phi) is 6.93. The fraction of sp³-hybridized carbons (Fsp3) is 0.273. The fourth-order valence-electron chi connectivity index (χ4n) is 5.99. The highest BCUT2D eigenvalue weighted by Crippen LogP contribution is 2.39. The van der Waals surface area contributed by atoms with E-state index in [1.807, 2.05) is 6.33 Å². The van der Waals surface area contributed by atoms with E-state index in [1.54, 1.807) is 7.11 Å². The van der Waals surface area contributed by atoms with Crippen molar-refractivity contribution in [2.45, 2.75) is 50.8 Å². The van der Waals surface area contributed by atoms with Crippen LogP contribution in [0.25, 0.3) is 33.4 Å². The lowest BCUT2D eigenvalue weighted by Gasteiger charge is -2.29. The molecule has 2 aromatic heterocycles. The molecule has 5 aromatic rings. The molecule has 38 heavy (non-hydrogen) atoms. The van der Waals surface area contributed by atoms with Crippen LogP contribution in [0, 0.1) is 5.41 Å². The van der Waals surface area contributed by atoms with Gasteiger partial charge in [0.25, 0.3) is 0 Å². The number of nitrogens with one attached hydrogen (secondary N) is 1. The number of methoxy groups -OCH3 is 1. The SMILES string of the molecule is CO[C@H]1CC[C@H](n2cnc3c(c(-c4ccccc4)c(-c4ccccc4)n3CCc3ccccc3)c2=N)CC1. The minimum atomic E-state index is 0.266. The first-order valence-corrected chi connectivity index (χ1v) is 13.6. The van der Waals surface area contributed by atoms with Crippen LogP contribution in [0.4, 0.5) is 0 Å². The first-order valence-electron chi connectivity index (χ1n) is 13.6. The molecule has 0 saturated heterocycles. The van der Waals surface area contributed by atoms with Gasteiger partial charge in [0.15, 0.2) is 0 Å². The molecule has 3 aromatic carbocycles. The summed E-state index contributed by atoms with van der Waals surface area (Å²) < 4.78 is 10.1. The summed E-state index contributed by atoms with van der Waals surface area (Å²) in [6.07, 6.45) is 7.16. The van der Waals surface area contributed by atoms with Gasteiger partial charge in [-0.1, -0.05) is 91.0 Å². The maximum atomic E-state index is 9.51. The van der Waals surface area contributed by atoms with Crippen LogP contribution in [-0.2, 0) is 17.7 Å². The summed E-state index contributed by atoms with van der Waals surface area (Å²) in [6.45, 7) is 0.785. The van der Waals surface area contributed by atoms with E-state index < -0.39 is 0 Å². The van der Waals surface area contributed by atoms with Crippen LogP contribution in [-0.4, -0.2) is 27.3 Å². The maximum absolute atomic E-state index is 9.51. The summed E-state index contributed by atoms with van der Waals surface area (Å²) >= 11 is 0. The monoisotopic (exact) mass is 502 g/mol. The first-order chi connectivity index (χ1) is 18.7. The second-order valence-corrected chi connectivity index (χ2v) is 10.2. The van der Waals surface area contributed by atoms with Crippen molar-refractivity contribution in [2.24, 2.45) is 0 Å². The molecule has 0 atom stereocenters. The lowest BCUT2D eigenvalue weighted by atomic mass is 9.92. The van der Waals surface area contributed by atoms with Gasteiger partial charge in [-0.15, -0.1) is 0 Å². The highest BCUT2D eigenvalue weighted by atomic mass is 16.5. The van der Waals surface area contributed by atoms with Crippen molar-refractivity contribution in [1.29, 1.82) is 5.41 Å². The van der Waals surface area contributed by atoms with Crippen molar-refractivity contribution < 1.29 is 4.74 Å². The normalized spacial score (nSPS) is 17.6. The quantitative estimate of drug-likeness (QED) is 0.260. The number of aryl methyl sites for hydroxylation is 2. The van der Waals surface area contributed by atoms with Gasteiger partial charge in [0.2, 0.25) is 0 Å². The summed E-state index contributed by atoms with van der Waals surface area (Å²) in [6, 6.07) is 32.0. The Morgan fingerprint density at radius 3 is 2.05 bits per heavy atom. The van der Waals surface area contributed by atoms with Crippen molar-refractivity contribution in [1.82, 2.24) is 14.1 Å². The molecule has 5 heteroatoms. The third-order valence-corrected chi connectivity index (χ3v) is 7.98. The van der Waals surface area contributed by atoms with Crippen molar-refractivity contribution in [3.05, 3.63) is 108 Å². The number of fused-ring (bicyclic) bond motifs is 1. The minimum Gasteiger partial charge on any atom is -0.381 e. The van der Waals surface area contributed by atoms with Crippen LogP contribution in [0.2, 0.25) is 0 Å². The van der Waals surface area contributed by atoms with Crippen molar-refractivity contribution in [3.8, 4) is 22.4 Å². The van der Waals surface area contributed by atoms with E-state index in [9.17, 15) is 5.41 Å². The van der Waals surface area contributed by atoms with Gasteiger partial charge in [-0.25, -0.2) is 4.98 Å². The molecule has 0 radical (unpaired) electrons. The van der Waals surface area contributed by atoms with Crippen molar-refractivity contribution in [2.75, 3.05) is 7.11 Å². The van der Waals surface area contributed by atoms with Crippen LogP contribution in [0.1, 0.15) is 37.3 Å². The Labute approximate surface area is 223 Å². The van der Waals surface area contributed by atoms with Crippen LogP contribution < -0.4 is 5.49 Å². The molecule has 6 rings (SSSR count). The van der Waals surface area contributed by atoms with Gasteiger partial charge < -0.3 is 13.9 Å². The average molecular weight is 503 g/mol. The molecule has 0 spiro atoms. The summed E-state index contributed by atoms with van der Waals surface area (Å²) in [5, 5.41) is 10.4. The zero-order valence-corrected chi connectivity index (χ0v) is 21.9. The molecule has 192 valence electrons. The van der Waals surface area contributed by atoms with E-state index in [0.717, 1.165) is 72.1 Å². The Hall–Kier alpha value is -3.96. The van der Waals surface area contributed by atoms with E-state index in [-0.39, 0.29) is 6.04 Å². The molecule has 1 aliphatic carbocycles. The van der Waals surface area contributed by atoms with E-state index in [1.165, 1.54) is 5.56 Å². The van der Waals surface area contributed by atoms with Gasteiger partial charge in [-0.05, 0) is 48.8 Å². The largest absolute Gasteiger partial charge is 0.381 e. The predicted octanol–water partition coefficient (Wildman–Crippen LogP) is 7.02. The molecule has 1 saturated carbocycles. The van der Waals surface area contributed by atoms with Gasteiger partial charge in [-0.2, -0.15) is 0 Å². The summed E-state index contributed by atoms with van der Waals surface area (Å²) in [5.74, 6) is 0. The molecule has 0 unspecified atom stereocenters. The molecular formula is C33H34N4O. The van der Waals surface area contributed by atoms with Crippen LogP contribution in [0.5, 0.6) is 0 Å². The lowest BCUT2D eigenvalue weighted by molar-refractivity contribution is 0.0577. The smallest absolute Gasteiger partial charge is 0.146 e. The molecule has 0 bridgehead atoms. The van der Waals surface area contributed by atoms with Crippen LogP contribution >= 0.6 is 0 Å². The second-order valence-electron chi connectivity index (χ2n) is 10.2. The molecule has 0 amide bonds. The molecule has 5 nitrogen and oxygen atoms in total. The third kappa shape index (κ3) is 4.59. The van der Waals surface area contributed by atoms with E-state index in [0.29, 0.717) is 11.6 Å². The van der Waals surface area contributed by atoms with Gasteiger partial charge in [0.1, 0.15) is 11.1 Å². The average Bonchev–Trinajstić information content (AvgIpc) is 3.33. The topological polar surface area (TPSA) is 55.8 Å². The molecule has 1 fully saturated rings. The summed E-state index contributed by atoms with van der Waals surface area (Å²) in [5.41, 5.74) is 7.20. The Bertz CT molecular complexity index is 1560. The van der Waals surface area contributed by atoms with Gasteiger partial charge >= 0.3 is 0 Å². The number of hydrogen-bond acceptors (Lipinski definition) is 3. The van der Waals surface area contributed by atoms with E-state index in [2.05, 4.69) is 100 Å². The standard InChI is InChI=1S/C33H34N4O/c1-38-28-19-17-27(18-20-28)37-23-35-33-30(32(37)34)29(25-13-7-3-8-14-25)31(26-15-9-4-10-16-26)36(33)22-21-24-11-5-2-6-12-24/h2-16,23,27-28,34H,17-22H2,1H3/t27-,28-. The van der Waals surface area contributed by atoms with Crippen LogP contribution in [0.15, 0.2) is 97.3 Å². The van der Waals surface area contributed by atoms with Crippen LogP contribution in [0.3, 0.4) is 0 Å². The number of hydrogen-bond donors (Lipinski definition) is 1.